The van der Waals surface area contributed by atoms with Gasteiger partial charge in [-0.15, -0.1) is 0 Å². The van der Waals surface area contributed by atoms with Crippen molar-refractivity contribution in [2.75, 3.05) is 11.9 Å². The Hall–Kier alpha value is -2.79. The Bertz CT molecular complexity index is 745. The van der Waals surface area contributed by atoms with Crippen molar-refractivity contribution in [3.8, 4) is 0 Å². The summed E-state index contributed by atoms with van der Waals surface area (Å²) in [5.41, 5.74) is 0.0359. The van der Waals surface area contributed by atoms with Gasteiger partial charge in [0.15, 0.2) is 0 Å². The molecule has 0 saturated carbocycles. The quantitative estimate of drug-likeness (QED) is 0.525. The van der Waals surface area contributed by atoms with E-state index in [1.165, 1.54) is 12.1 Å². The second-order valence-electron chi connectivity index (χ2n) is 6.10. The van der Waals surface area contributed by atoms with Crippen LogP contribution in [-0.4, -0.2) is 42.7 Å². The van der Waals surface area contributed by atoms with Gasteiger partial charge in [-0.2, -0.15) is 26.3 Å². The molecular weight excluding hydrogens is 396 g/mol. The third-order valence-electron chi connectivity index (χ3n) is 3.95. The molecule has 3 amide bonds. The fraction of sp³-hybridized carbons (Fsp3) is 0.438. The number of piperidine rings is 1. The fourth-order valence-corrected chi connectivity index (χ4v) is 2.52. The summed E-state index contributed by atoms with van der Waals surface area (Å²) in [4.78, 5) is 35.5. The summed E-state index contributed by atoms with van der Waals surface area (Å²) in [6, 6.07) is 2.75. The number of carbonyl (C=O) groups excluding carboxylic acids is 3. The van der Waals surface area contributed by atoms with Gasteiger partial charge in [0, 0.05) is 11.3 Å². The van der Waals surface area contributed by atoms with Crippen molar-refractivity contribution in [2.45, 2.75) is 31.2 Å². The number of hydrogen-bond acceptors (Lipinski definition) is 3. The maximum atomic E-state index is 12.6. The van der Waals surface area contributed by atoms with Gasteiger partial charge in [0.2, 0.25) is 11.8 Å². The number of rotatable bonds is 4. The van der Waals surface area contributed by atoms with E-state index in [9.17, 15) is 40.7 Å². The van der Waals surface area contributed by atoms with Crippen LogP contribution in [0.5, 0.6) is 0 Å². The van der Waals surface area contributed by atoms with E-state index < -0.39 is 55.0 Å². The lowest BCUT2D eigenvalue weighted by Crippen LogP contribution is -2.53. The third kappa shape index (κ3) is 5.86. The summed E-state index contributed by atoms with van der Waals surface area (Å²) in [6.07, 6.45) is -9.89. The molecule has 0 radical (unpaired) electrons. The zero-order chi connectivity index (χ0) is 21.1. The lowest BCUT2D eigenvalue weighted by Gasteiger charge is -2.29. The molecule has 1 aromatic rings. The fourth-order valence-electron chi connectivity index (χ4n) is 2.52. The molecule has 1 aliphatic rings. The first-order chi connectivity index (χ1) is 12.9. The SMILES string of the molecule is O=C(NCC(F)(F)F)c1ccc(NC(=O)C2CCC(C(F)(F)F)NC2=O)cc1. The van der Waals surface area contributed by atoms with Crippen LogP contribution in [0.2, 0.25) is 0 Å². The van der Waals surface area contributed by atoms with E-state index in [1.807, 2.05) is 0 Å². The van der Waals surface area contributed by atoms with Gasteiger partial charge < -0.3 is 16.0 Å². The molecule has 0 aromatic heterocycles. The first-order valence-corrected chi connectivity index (χ1v) is 8.00. The summed E-state index contributed by atoms with van der Waals surface area (Å²) < 4.78 is 74.0. The van der Waals surface area contributed by atoms with E-state index >= 15 is 0 Å². The standard InChI is InChI=1S/C16H15F6N3O3/c17-15(18,19)7-23-12(26)8-1-3-9(4-2-8)24-13(27)10-5-6-11(16(20,21)22)25-14(10)28/h1-4,10-11H,5-7H2,(H,23,26)(H,24,27)(H,25,28). The van der Waals surface area contributed by atoms with Crippen molar-refractivity contribution in [1.82, 2.24) is 10.6 Å². The Morgan fingerprint density at radius 1 is 1.04 bits per heavy atom. The van der Waals surface area contributed by atoms with Crippen LogP contribution in [0.15, 0.2) is 24.3 Å². The highest BCUT2D eigenvalue weighted by molar-refractivity contribution is 6.07. The van der Waals surface area contributed by atoms with Crippen LogP contribution in [0.3, 0.4) is 0 Å². The van der Waals surface area contributed by atoms with Gasteiger partial charge in [-0.1, -0.05) is 0 Å². The monoisotopic (exact) mass is 411 g/mol. The van der Waals surface area contributed by atoms with Gasteiger partial charge in [0.25, 0.3) is 5.91 Å². The molecule has 12 heteroatoms. The van der Waals surface area contributed by atoms with Crippen molar-refractivity contribution in [3.05, 3.63) is 29.8 Å². The number of halogens is 6. The summed E-state index contributed by atoms with van der Waals surface area (Å²) in [5, 5.41) is 5.76. The lowest BCUT2D eigenvalue weighted by molar-refractivity contribution is -0.170. The highest BCUT2D eigenvalue weighted by Gasteiger charge is 2.45. The van der Waals surface area contributed by atoms with E-state index in [-0.39, 0.29) is 17.7 Å². The van der Waals surface area contributed by atoms with E-state index in [0.717, 1.165) is 12.1 Å². The smallest absolute Gasteiger partial charge is 0.344 e. The Morgan fingerprint density at radius 3 is 2.14 bits per heavy atom. The average Bonchev–Trinajstić information content (AvgIpc) is 2.58. The molecule has 2 unspecified atom stereocenters. The molecule has 6 nitrogen and oxygen atoms in total. The minimum Gasteiger partial charge on any atom is -0.344 e. The minimum atomic E-state index is -4.60. The molecule has 0 bridgehead atoms. The normalized spacial score (nSPS) is 20.3. The second kappa shape index (κ2) is 8.07. The zero-order valence-electron chi connectivity index (χ0n) is 14.1. The number of anilines is 1. The molecule has 2 rings (SSSR count). The first kappa shape index (κ1) is 21.5. The molecule has 2 atom stereocenters. The Balaban J connectivity index is 1.92. The van der Waals surface area contributed by atoms with Crippen molar-refractivity contribution < 1.29 is 40.7 Å². The number of nitrogens with one attached hydrogen (secondary N) is 3. The number of carbonyl (C=O) groups is 3. The van der Waals surface area contributed by atoms with Gasteiger partial charge in [0.1, 0.15) is 18.5 Å². The van der Waals surface area contributed by atoms with Crippen molar-refractivity contribution >= 4 is 23.4 Å². The van der Waals surface area contributed by atoms with E-state index in [1.54, 1.807) is 10.6 Å². The lowest BCUT2D eigenvalue weighted by atomic mass is 9.92. The van der Waals surface area contributed by atoms with Gasteiger partial charge >= 0.3 is 12.4 Å². The molecule has 1 aliphatic heterocycles. The number of hydrogen-bond donors (Lipinski definition) is 3. The van der Waals surface area contributed by atoms with Gasteiger partial charge in [0.05, 0.1) is 0 Å². The molecule has 0 aliphatic carbocycles. The Morgan fingerprint density at radius 2 is 1.64 bits per heavy atom. The van der Waals surface area contributed by atoms with Crippen molar-refractivity contribution in [2.24, 2.45) is 5.92 Å². The van der Waals surface area contributed by atoms with Gasteiger partial charge in [-0.3, -0.25) is 14.4 Å². The van der Waals surface area contributed by atoms with E-state index in [0.29, 0.717) is 0 Å². The summed E-state index contributed by atoms with van der Waals surface area (Å²) in [5.74, 6) is -4.16. The molecule has 3 N–H and O–H groups in total. The second-order valence-corrected chi connectivity index (χ2v) is 6.10. The zero-order valence-corrected chi connectivity index (χ0v) is 14.1. The minimum absolute atomic E-state index is 0.0920. The van der Waals surface area contributed by atoms with E-state index in [4.69, 9.17) is 0 Å². The van der Waals surface area contributed by atoms with Crippen LogP contribution in [-0.2, 0) is 9.59 Å². The predicted molar refractivity (Wildman–Crippen MR) is 84.2 cm³/mol. The molecule has 28 heavy (non-hydrogen) atoms. The Labute approximate surface area is 154 Å². The molecule has 0 spiro atoms. The van der Waals surface area contributed by atoms with Crippen LogP contribution >= 0.6 is 0 Å². The molecule has 1 aromatic carbocycles. The van der Waals surface area contributed by atoms with Crippen LogP contribution in [0.25, 0.3) is 0 Å². The molecular formula is C16H15F6N3O3. The Kier molecular flexibility index (Phi) is 6.20. The summed E-state index contributed by atoms with van der Waals surface area (Å²) >= 11 is 0. The maximum absolute atomic E-state index is 12.6. The van der Waals surface area contributed by atoms with Gasteiger partial charge in [-0.25, -0.2) is 0 Å². The van der Waals surface area contributed by atoms with Crippen LogP contribution in [0, 0.1) is 5.92 Å². The summed E-state index contributed by atoms with van der Waals surface area (Å²) in [7, 11) is 0. The van der Waals surface area contributed by atoms with E-state index in [2.05, 4.69) is 5.32 Å². The molecule has 1 fully saturated rings. The van der Waals surface area contributed by atoms with Crippen molar-refractivity contribution in [1.29, 1.82) is 0 Å². The van der Waals surface area contributed by atoms with Crippen molar-refractivity contribution in [3.63, 3.8) is 0 Å². The predicted octanol–water partition coefficient (Wildman–Crippen LogP) is 2.37. The number of alkyl halides is 6. The van der Waals surface area contributed by atoms with Crippen LogP contribution in [0.1, 0.15) is 23.2 Å². The number of amides is 3. The summed E-state index contributed by atoms with van der Waals surface area (Å²) in [6.45, 7) is -1.50. The number of benzene rings is 1. The van der Waals surface area contributed by atoms with Gasteiger partial charge in [-0.05, 0) is 37.1 Å². The molecule has 154 valence electrons. The molecule has 1 heterocycles. The maximum Gasteiger partial charge on any atom is 0.408 e. The highest BCUT2D eigenvalue weighted by atomic mass is 19.4. The average molecular weight is 411 g/mol. The third-order valence-corrected chi connectivity index (χ3v) is 3.95. The topological polar surface area (TPSA) is 87.3 Å². The highest BCUT2D eigenvalue weighted by Crippen LogP contribution is 2.29. The molecule has 1 saturated heterocycles. The first-order valence-electron chi connectivity index (χ1n) is 8.00. The largest absolute Gasteiger partial charge is 0.408 e. The van der Waals surface area contributed by atoms with Crippen LogP contribution in [0.4, 0.5) is 32.0 Å². The van der Waals surface area contributed by atoms with Crippen LogP contribution < -0.4 is 16.0 Å².